The average Bonchev–Trinajstić information content (AvgIpc) is 3.25. The minimum atomic E-state index is -0.113. The number of nitrogens with one attached hydrogen (secondary N) is 1. The minimum absolute atomic E-state index is 0.0840. The van der Waals surface area contributed by atoms with Crippen LogP contribution in [-0.4, -0.2) is 66.1 Å². The number of hydrogen-bond donors (Lipinski definition) is 1. The normalized spacial score (nSPS) is 23.1. The number of hydrogen-bond acceptors (Lipinski definition) is 4. The molecule has 1 aliphatic carbocycles. The molecule has 3 rings (SSSR count). The molecule has 1 aromatic rings. The summed E-state index contributed by atoms with van der Waals surface area (Å²) < 4.78 is 1.39. The van der Waals surface area contributed by atoms with E-state index in [1.165, 1.54) is 4.57 Å². The highest BCUT2D eigenvalue weighted by atomic mass is 16.2. The van der Waals surface area contributed by atoms with Crippen LogP contribution in [0.3, 0.4) is 0 Å². The third kappa shape index (κ3) is 3.15. The first-order chi connectivity index (χ1) is 11.5. The van der Waals surface area contributed by atoms with Crippen molar-refractivity contribution in [2.45, 2.75) is 18.9 Å². The molecule has 24 heavy (non-hydrogen) atoms. The molecule has 7 heteroatoms. The monoisotopic (exact) mass is 329 g/mol. The number of amides is 2. The summed E-state index contributed by atoms with van der Waals surface area (Å²) in [5.41, 5.74) is 0.364. The molecule has 2 aliphatic rings. The maximum atomic E-state index is 12.2. The quantitative estimate of drug-likeness (QED) is 0.896. The highest BCUT2D eigenvalue weighted by Gasteiger charge is 2.42. The maximum Gasteiger partial charge on any atom is 0.319 e. The van der Waals surface area contributed by atoms with Crippen molar-refractivity contribution in [2.75, 3.05) is 33.7 Å². The molecule has 0 aromatic carbocycles. The molecule has 0 spiro atoms. The lowest BCUT2D eigenvalue weighted by atomic mass is 10.0. The standard InChI is InChI=1S/C17H23N5O2/c1-20(2)17(24)21-10-12-6-14(7-13(12)11-21)19-9-16(23)22-5-3-4-15(22)8-18/h3-5,12-14,19H,6-7,9-11H2,1-2H3/t12-,13-/m1/s1. The molecule has 0 radical (unpaired) electrons. The molecule has 128 valence electrons. The van der Waals surface area contributed by atoms with E-state index in [9.17, 15) is 9.59 Å². The molecule has 1 N–H and O–H groups in total. The van der Waals surface area contributed by atoms with Crippen LogP contribution in [0.15, 0.2) is 18.3 Å². The number of carbonyl (C=O) groups is 2. The van der Waals surface area contributed by atoms with Crippen LogP contribution in [-0.2, 0) is 0 Å². The van der Waals surface area contributed by atoms with Crippen LogP contribution in [0.4, 0.5) is 4.79 Å². The molecule has 2 atom stereocenters. The van der Waals surface area contributed by atoms with Crippen molar-refractivity contribution < 1.29 is 9.59 Å². The van der Waals surface area contributed by atoms with Gasteiger partial charge in [0.1, 0.15) is 11.8 Å². The fourth-order valence-corrected chi connectivity index (χ4v) is 3.91. The molecule has 1 saturated carbocycles. The van der Waals surface area contributed by atoms with Gasteiger partial charge in [-0.15, -0.1) is 0 Å². The zero-order valence-electron chi connectivity index (χ0n) is 14.1. The van der Waals surface area contributed by atoms with Crippen molar-refractivity contribution in [3.05, 3.63) is 24.0 Å². The lowest BCUT2D eigenvalue weighted by Gasteiger charge is -2.23. The smallest absolute Gasteiger partial charge is 0.319 e. The van der Waals surface area contributed by atoms with Crippen LogP contribution in [0.25, 0.3) is 0 Å². The number of nitriles is 1. The van der Waals surface area contributed by atoms with Gasteiger partial charge in [-0.2, -0.15) is 5.26 Å². The van der Waals surface area contributed by atoms with Crippen LogP contribution in [0, 0.1) is 23.2 Å². The molecular formula is C17H23N5O2. The number of likely N-dealkylation sites (tertiary alicyclic amines) is 1. The molecule has 2 amide bonds. The van der Waals surface area contributed by atoms with Crippen LogP contribution in [0.2, 0.25) is 0 Å². The number of carbonyl (C=O) groups excluding carboxylic acids is 2. The van der Waals surface area contributed by atoms with Gasteiger partial charge in [-0.1, -0.05) is 0 Å². The third-order valence-electron chi connectivity index (χ3n) is 5.08. The topological polar surface area (TPSA) is 81.4 Å². The van der Waals surface area contributed by atoms with E-state index in [0.29, 0.717) is 23.6 Å². The summed E-state index contributed by atoms with van der Waals surface area (Å²) >= 11 is 0. The van der Waals surface area contributed by atoms with Crippen molar-refractivity contribution in [1.29, 1.82) is 5.26 Å². The fraction of sp³-hybridized carbons (Fsp3) is 0.588. The summed E-state index contributed by atoms with van der Waals surface area (Å²) in [6.07, 6.45) is 3.61. The fourth-order valence-electron chi connectivity index (χ4n) is 3.91. The lowest BCUT2D eigenvalue weighted by Crippen LogP contribution is -2.40. The van der Waals surface area contributed by atoms with Gasteiger partial charge in [0.15, 0.2) is 0 Å². The first-order valence-electron chi connectivity index (χ1n) is 8.30. The van der Waals surface area contributed by atoms with Crippen molar-refractivity contribution >= 4 is 11.9 Å². The van der Waals surface area contributed by atoms with E-state index in [4.69, 9.17) is 5.26 Å². The Hall–Kier alpha value is -2.33. The lowest BCUT2D eigenvalue weighted by molar-refractivity contribution is 0.0907. The van der Waals surface area contributed by atoms with E-state index in [1.54, 1.807) is 37.3 Å². The molecule has 2 fully saturated rings. The van der Waals surface area contributed by atoms with Gasteiger partial charge in [0.05, 0.1) is 6.54 Å². The second kappa shape index (κ2) is 6.65. The molecular weight excluding hydrogens is 306 g/mol. The SMILES string of the molecule is CN(C)C(=O)N1C[C@H]2CC(NCC(=O)n3cccc3C#N)C[C@@H]2C1. The van der Waals surface area contributed by atoms with E-state index in [-0.39, 0.29) is 18.5 Å². The second-order valence-electron chi connectivity index (χ2n) is 6.92. The Morgan fingerprint density at radius 3 is 2.58 bits per heavy atom. The van der Waals surface area contributed by atoms with E-state index in [2.05, 4.69) is 5.32 Å². The summed E-state index contributed by atoms with van der Waals surface area (Å²) in [5, 5.41) is 12.3. The van der Waals surface area contributed by atoms with Crippen LogP contribution in [0.1, 0.15) is 23.3 Å². The zero-order valence-corrected chi connectivity index (χ0v) is 14.1. The first kappa shape index (κ1) is 16.5. The van der Waals surface area contributed by atoms with Crippen LogP contribution >= 0.6 is 0 Å². The molecule has 1 saturated heterocycles. The van der Waals surface area contributed by atoms with E-state index >= 15 is 0 Å². The molecule has 0 bridgehead atoms. The maximum absolute atomic E-state index is 12.2. The van der Waals surface area contributed by atoms with Gasteiger partial charge >= 0.3 is 6.03 Å². The largest absolute Gasteiger partial charge is 0.331 e. The van der Waals surface area contributed by atoms with Gasteiger partial charge in [-0.3, -0.25) is 9.36 Å². The van der Waals surface area contributed by atoms with Crippen molar-refractivity contribution in [3.8, 4) is 6.07 Å². The Bertz CT molecular complexity index is 661. The highest BCUT2D eigenvalue weighted by molar-refractivity contribution is 5.82. The van der Waals surface area contributed by atoms with E-state index in [0.717, 1.165) is 25.9 Å². The van der Waals surface area contributed by atoms with Gasteiger partial charge < -0.3 is 15.1 Å². The van der Waals surface area contributed by atoms with Gasteiger partial charge in [-0.25, -0.2) is 4.79 Å². The second-order valence-corrected chi connectivity index (χ2v) is 6.92. The minimum Gasteiger partial charge on any atom is -0.331 e. The zero-order chi connectivity index (χ0) is 17.3. The Balaban J connectivity index is 1.48. The van der Waals surface area contributed by atoms with E-state index < -0.39 is 0 Å². The van der Waals surface area contributed by atoms with Gasteiger partial charge in [0, 0.05) is 39.4 Å². The Kier molecular flexibility index (Phi) is 4.58. The summed E-state index contributed by atoms with van der Waals surface area (Å²) in [4.78, 5) is 27.8. The van der Waals surface area contributed by atoms with Crippen LogP contribution < -0.4 is 5.32 Å². The number of aromatic nitrogens is 1. The van der Waals surface area contributed by atoms with Gasteiger partial charge in [0.2, 0.25) is 5.91 Å². The van der Waals surface area contributed by atoms with Crippen molar-refractivity contribution in [3.63, 3.8) is 0 Å². The first-order valence-corrected chi connectivity index (χ1v) is 8.30. The highest BCUT2D eigenvalue weighted by Crippen LogP contribution is 2.38. The van der Waals surface area contributed by atoms with Gasteiger partial charge in [-0.05, 0) is 36.8 Å². The summed E-state index contributed by atoms with van der Waals surface area (Å²) in [6.45, 7) is 1.85. The predicted molar refractivity (Wildman–Crippen MR) is 88.4 cm³/mol. The van der Waals surface area contributed by atoms with Crippen LogP contribution in [0.5, 0.6) is 0 Å². The molecule has 2 heterocycles. The van der Waals surface area contributed by atoms with Crippen molar-refractivity contribution in [1.82, 2.24) is 19.7 Å². The molecule has 0 unspecified atom stereocenters. The van der Waals surface area contributed by atoms with Gasteiger partial charge in [0.25, 0.3) is 0 Å². The van der Waals surface area contributed by atoms with E-state index in [1.807, 2.05) is 11.0 Å². The van der Waals surface area contributed by atoms with Crippen molar-refractivity contribution in [2.24, 2.45) is 11.8 Å². The number of urea groups is 1. The predicted octanol–water partition coefficient (Wildman–Crippen LogP) is 0.982. The summed E-state index contributed by atoms with van der Waals surface area (Å²) in [5.74, 6) is 0.920. The summed E-state index contributed by atoms with van der Waals surface area (Å²) in [7, 11) is 3.56. The average molecular weight is 329 g/mol. The molecule has 7 nitrogen and oxygen atoms in total. The number of fused-ring (bicyclic) bond motifs is 1. The summed E-state index contributed by atoms with van der Waals surface area (Å²) in [6, 6.07) is 5.74. The number of rotatable bonds is 3. The third-order valence-corrected chi connectivity index (χ3v) is 5.08. The Morgan fingerprint density at radius 2 is 2.00 bits per heavy atom. The Morgan fingerprint density at radius 1 is 1.33 bits per heavy atom. The number of nitrogens with zero attached hydrogens (tertiary/aromatic N) is 4. The molecule has 1 aliphatic heterocycles. The molecule has 1 aromatic heterocycles. The Labute approximate surface area is 141 Å².